The van der Waals surface area contributed by atoms with Gasteiger partial charge in [-0.05, 0) is 24.1 Å². The first kappa shape index (κ1) is 20.3. The number of hydrogen-bond donors (Lipinski definition) is 1. The number of aromatic nitrogens is 2. The summed E-state index contributed by atoms with van der Waals surface area (Å²) in [5.74, 6) is 1.47. The van der Waals surface area contributed by atoms with Gasteiger partial charge in [0.15, 0.2) is 9.84 Å². The van der Waals surface area contributed by atoms with Crippen LogP contribution in [0.15, 0.2) is 29.2 Å². The summed E-state index contributed by atoms with van der Waals surface area (Å²) in [7, 11) is -1.57. The average Bonchev–Trinajstić information content (AvgIpc) is 2.51. The summed E-state index contributed by atoms with van der Waals surface area (Å²) in [6.07, 6.45) is 1.22. The number of anilines is 1. The summed E-state index contributed by atoms with van der Waals surface area (Å²) in [6, 6.07) is 7.22. The number of nitrogens with one attached hydrogen (secondary N) is 1. The van der Waals surface area contributed by atoms with E-state index < -0.39 is 9.84 Å². The molecule has 0 radical (unpaired) electrons. The molecule has 1 heterocycles. The minimum atomic E-state index is -3.21. The minimum absolute atomic E-state index is 0.173. The van der Waals surface area contributed by atoms with Gasteiger partial charge in [0, 0.05) is 31.4 Å². The van der Waals surface area contributed by atoms with E-state index >= 15 is 0 Å². The number of ether oxygens (including phenoxy) is 1. The second kappa shape index (κ2) is 7.72. The summed E-state index contributed by atoms with van der Waals surface area (Å²) in [4.78, 5) is 9.53. The summed E-state index contributed by atoms with van der Waals surface area (Å²) in [5, 5.41) is 3.30. The first-order chi connectivity index (χ1) is 12.0. The first-order valence-electron chi connectivity index (χ1n) is 8.41. The van der Waals surface area contributed by atoms with Crippen LogP contribution >= 0.6 is 0 Å². The molecule has 0 unspecified atom stereocenters. The number of nitrogens with zero attached hydrogens (tertiary/aromatic N) is 2. The molecular formula is C19H27N3O3S. The maximum atomic E-state index is 11.7. The van der Waals surface area contributed by atoms with Crippen molar-refractivity contribution in [3.05, 3.63) is 46.9 Å². The molecule has 1 aromatic heterocycles. The van der Waals surface area contributed by atoms with Gasteiger partial charge in [0.1, 0.15) is 11.6 Å². The van der Waals surface area contributed by atoms with Crippen LogP contribution in [-0.2, 0) is 33.1 Å². The molecule has 2 aromatic rings. The summed E-state index contributed by atoms with van der Waals surface area (Å²) in [6.45, 7) is 8.96. The van der Waals surface area contributed by atoms with Crippen LogP contribution in [0, 0.1) is 6.92 Å². The van der Waals surface area contributed by atoms with Gasteiger partial charge in [-0.3, -0.25) is 0 Å². The lowest BCUT2D eigenvalue weighted by atomic mass is 9.95. The fourth-order valence-electron chi connectivity index (χ4n) is 2.58. The Labute approximate surface area is 156 Å². The molecule has 0 saturated carbocycles. The molecule has 2 rings (SSSR count). The molecule has 1 N–H and O–H groups in total. The normalized spacial score (nSPS) is 12.2. The Kier molecular flexibility index (Phi) is 6.03. The Hall–Kier alpha value is -1.99. The molecule has 0 aliphatic heterocycles. The van der Waals surface area contributed by atoms with Crippen LogP contribution in [0.4, 0.5) is 5.82 Å². The van der Waals surface area contributed by atoms with Crippen LogP contribution < -0.4 is 5.32 Å². The van der Waals surface area contributed by atoms with E-state index in [1.54, 1.807) is 20.1 Å². The molecule has 1 aromatic carbocycles. The van der Waals surface area contributed by atoms with Gasteiger partial charge in [0.25, 0.3) is 0 Å². The van der Waals surface area contributed by atoms with E-state index in [0.717, 1.165) is 28.5 Å². The Morgan fingerprint density at radius 3 is 2.38 bits per heavy atom. The Morgan fingerprint density at radius 1 is 1.15 bits per heavy atom. The first-order valence-corrected chi connectivity index (χ1v) is 10.3. The van der Waals surface area contributed by atoms with Crippen LogP contribution in [-0.4, -0.2) is 31.8 Å². The fraction of sp³-hybridized carbons (Fsp3) is 0.474. The van der Waals surface area contributed by atoms with Crippen molar-refractivity contribution in [1.29, 1.82) is 0 Å². The Morgan fingerprint density at radius 2 is 1.85 bits per heavy atom. The number of methoxy groups -OCH3 is 1. The van der Waals surface area contributed by atoms with Crippen molar-refractivity contribution in [3.63, 3.8) is 0 Å². The molecule has 0 saturated heterocycles. The number of aryl methyl sites for hydroxylation is 1. The van der Waals surface area contributed by atoms with Crippen molar-refractivity contribution < 1.29 is 13.2 Å². The van der Waals surface area contributed by atoms with Gasteiger partial charge in [-0.2, -0.15) is 0 Å². The van der Waals surface area contributed by atoms with Crippen LogP contribution in [0.5, 0.6) is 0 Å². The van der Waals surface area contributed by atoms with Gasteiger partial charge in [-0.15, -0.1) is 0 Å². The molecule has 0 amide bonds. The van der Waals surface area contributed by atoms with Crippen molar-refractivity contribution >= 4 is 15.7 Å². The van der Waals surface area contributed by atoms with E-state index in [1.165, 1.54) is 6.26 Å². The zero-order chi connectivity index (χ0) is 19.5. The van der Waals surface area contributed by atoms with Crippen LogP contribution in [0.2, 0.25) is 0 Å². The zero-order valence-electron chi connectivity index (χ0n) is 16.3. The van der Waals surface area contributed by atoms with Crippen LogP contribution in [0.1, 0.15) is 43.4 Å². The molecule has 142 valence electrons. The Balaban J connectivity index is 2.23. The SMILES string of the molecule is COCc1cc(NCc2ccc(S(C)(=O)=O)c(C)c2)nc(C(C)(C)C)n1. The minimum Gasteiger partial charge on any atom is -0.378 e. The fourth-order valence-corrected chi connectivity index (χ4v) is 3.53. The second-order valence-electron chi connectivity index (χ2n) is 7.48. The molecule has 7 heteroatoms. The van der Waals surface area contributed by atoms with E-state index in [2.05, 4.69) is 36.1 Å². The van der Waals surface area contributed by atoms with E-state index in [9.17, 15) is 8.42 Å². The van der Waals surface area contributed by atoms with Gasteiger partial charge in [-0.1, -0.05) is 32.9 Å². The van der Waals surface area contributed by atoms with Crippen molar-refractivity contribution in [2.24, 2.45) is 0 Å². The van der Waals surface area contributed by atoms with E-state index in [4.69, 9.17) is 4.74 Å². The topological polar surface area (TPSA) is 81.2 Å². The third kappa shape index (κ3) is 5.25. The highest BCUT2D eigenvalue weighted by Crippen LogP contribution is 2.22. The van der Waals surface area contributed by atoms with Crippen molar-refractivity contribution in [2.75, 3.05) is 18.7 Å². The third-order valence-corrected chi connectivity index (χ3v) is 5.11. The summed E-state index contributed by atoms with van der Waals surface area (Å²) in [5.41, 5.74) is 2.37. The molecule has 26 heavy (non-hydrogen) atoms. The van der Waals surface area contributed by atoms with E-state index in [1.807, 2.05) is 18.2 Å². The number of sulfone groups is 1. The molecule has 0 fully saturated rings. The smallest absolute Gasteiger partial charge is 0.175 e. The van der Waals surface area contributed by atoms with Gasteiger partial charge in [-0.25, -0.2) is 18.4 Å². The summed E-state index contributed by atoms with van der Waals surface area (Å²) < 4.78 is 28.7. The largest absolute Gasteiger partial charge is 0.378 e. The lowest BCUT2D eigenvalue weighted by Crippen LogP contribution is -2.18. The monoisotopic (exact) mass is 377 g/mol. The van der Waals surface area contributed by atoms with Crippen LogP contribution in [0.25, 0.3) is 0 Å². The molecule has 0 aliphatic carbocycles. The van der Waals surface area contributed by atoms with Gasteiger partial charge >= 0.3 is 0 Å². The van der Waals surface area contributed by atoms with E-state index in [-0.39, 0.29) is 5.41 Å². The highest BCUT2D eigenvalue weighted by Gasteiger charge is 2.19. The van der Waals surface area contributed by atoms with Crippen molar-refractivity contribution in [1.82, 2.24) is 9.97 Å². The number of hydrogen-bond acceptors (Lipinski definition) is 6. The van der Waals surface area contributed by atoms with E-state index in [0.29, 0.717) is 18.0 Å². The molecule has 0 aliphatic rings. The lowest BCUT2D eigenvalue weighted by molar-refractivity contribution is 0.181. The predicted molar refractivity (Wildman–Crippen MR) is 103 cm³/mol. The van der Waals surface area contributed by atoms with Crippen LogP contribution in [0.3, 0.4) is 0 Å². The van der Waals surface area contributed by atoms with Gasteiger partial charge < -0.3 is 10.1 Å². The van der Waals surface area contributed by atoms with Gasteiger partial charge in [0.2, 0.25) is 0 Å². The molecule has 0 atom stereocenters. The predicted octanol–water partition coefficient (Wildman–Crippen LogP) is 3.24. The maximum absolute atomic E-state index is 11.7. The lowest BCUT2D eigenvalue weighted by Gasteiger charge is -2.19. The van der Waals surface area contributed by atoms with Gasteiger partial charge in [0.05, 0.1) is 17.2 Å². The summed E-state index contributed by atoms with van der Waals surface area (Å²) >= 11 is 0. The standard InChI is InChI=1S/C19H27N3O3S/c1-13-9-14(7-8-16(13)26(6,23)24)11-20-17-10-15(12-25-5)21-18(22-17)19(2,3)4/h7-10H,11-12H2,1-6H3,(H,20,21,22). The Bertz CT molecular complexity index is 887. The molecule has 0 bridgehead atoms. The highest BCUT2D eigenvalue weighted by molar-refractivity contribution is 7.90. The maximum Gasteiger partial charge on any atom is 0.175 e. The quantitative estimate of drug-likeness (QED) is 0.832. The molecular weight excluding hydrogens is 350 g/mol. The number of rotatable bonds is 6. The average molecular weight is 378 g/mol. The molecule has 0 spiro atoms. The second-order valence-corrected chi connectivity index (χ2v) is 9.46. The number of benzene rings is 1. The van der Waals surface area contributed by atoms with Crippen molar-refractivity contribution in [2.45, 2.75) is 51.2 Å². The van der Waals surface area contributed by atoms with Crippen molar-refractivity contribution in [3.8, 4) is 0 Å². The molecule has 6 nitrogen and oxygen atoms in total. The zero-order valence-corrected chi connectivity index (χ0v) is 17.1. The highest BCUT2D eigenvalue weighted by atomic mass is 32.2. The third-order valence-electron chi connectivity index (χ3n) is 3.85.